The van der Waals surface area contributed by atoms with Gasteiger partial charge in [0.1, 0.15) is 5.75 Å². The quantitative estimate of drug-likeness (QED) is 0.390. The van der Waals surface area contributed by atoms with E-state index in [4.69, 9.17) is 30.5 Å². The highest BCUT2D eigenvalue weighted by molar-refractivity contribution is 6.33. The lowest BCUT2D eigenvalue weighted by atomic mass is 9.92. The van der Waals surface area contributed by atoms with Gasteiger partial charge in [-0.2, -0.15) is 0 Å². The molecular formula is C27H30ClNO6. The van der Waals surface area contributed by atoms with E-state index in [-0.39, 0.29) is 18.4 Å². The van der Waals surface area contributed by atoms with Crippen LogP contribution in [0.4, 0.5) is 4.79 Å². The van der Waals surface area contributed by atoms with E-state index in [0.29, 0.717) is 34.4 Å². The number of ether oxygens (including phenoxy) is 4. The number of halogens is 1. The van der Waals surface area contributed by atoms with Gasteiger partial charge in [-0.05, 0) is 81.5 Å². The molecule has 1 aromatic heterocycles. The SMILES string of the molecule is CCOC(=O)Oc1c(-c2cc(C)c(O)c(C)c2)c(C)n2c1-c1cc(OC)c(OC)c(Cl)c1CC2C. The molecular weight excluding hydrogens is 470 g/mol. The fourth-order valence-corrected chi connectivity index (χ4v) is 5.39. The summed E-state index contributed by atoms with van der Waals surface area (Å²) in [4.78, 5) is 12.6. The first-order valence-corrected chi connectivity index (χ1v) is 11.9. The number of hydrogen-bond acceptors (Lipinski definition) is 6. The van der Waals surface area contributed by atoms with Crippen molar-refractivity contribution in [2.24, 2.45) is 0 Å². The van der Waals surface area contributed by atoms with Crippen molar-refractivity contribution < 1.29 is 28.8 Å². The average molecular weight is 500 g/mol. The third-order valence-corrected chi connectivity index (χ3v) is 6.94. The second-order valence-electron chi connectivity index (χ2n) is 8.76. The summed E-state index contributed by atoms with van der Waals surface area (Å²) in [5.74, 6) is 1.57. The van der Waals surface area contributed by atoms with Crippen LogP contribution in [-0.4, -0.2) is 36.7 Å². The molecule has 7 nitrogen and oxygen atoms in total. The Hall–Kier alpha value is -3.32. The van der Waals surface area contributed by atoms with Crippen molar-refractivity contribution >= 4 is 17.8 Å². The molecule has 1 N–H and O–H groups in total. The smallest absolute Gasteiger partial charge is 0.507 e. The van der Waals surface area contributed by atoms with Crippen molar-refractivity contribution in [3.05, 3.63) is 45.6 Å². The van der Waals surface area contributed by atoms with Crippen LogP contribution in [-0.2, 0) is 11.2 Å². The summed E-state index contributed by atoms with van der Waals surface area (Å²) in [6.45, 7) is 9.69. The maximum absolute atomic E-state index is 12.6. The molecule has 0 bridgehead atoms. The van der Waals surface area contributed by atoms with E-state index in [1.54, 1.807) is 21.1 Å². The van der Waals surface area contributed by atoms with Crippen molar-refractivity contribution in [3.8, 4) is 45.4 Å². The molecule has 8 heteroatoms. The molecule has 1 unspecified atom stereocenters. The summed E-state index contributed by atoms with van der Waals surface area (Å²) in [6, 6.07) is 5.67. The Bertz CT molecular complexity index is 1300. The Morgan fingerprint density at radius 1 is 1.11 bits per heavy atom. The second-order valence-corrected chi connectivity index (χ2v) is 9.14. The maximum Gasteiger partial charge on any atom is 0.513 e. The predicted molar refractivity (Wildman–Crippen MR) is 135 cm³/mol. The molecule has 35 heavy (non-hydrogen) atoms. The van der Waals surface area contributed by atoms with Crippen LogP contribution in [0.1, 0.15) is 42.3 Å². The summed E-state index contributed by atoms with van der Waals surface area (Å²) < 4.78 is 24.3. The lowest BCUT2D eigenvalue weighted by Gasteiger charge is -2.29. The first-order chi connectivity index (χ1) is 16.6. The standard InChI is InChI=1S/C27H30ClNO6/c1-8-34-27(31)35-26-21(17-9-13(2)24(30)14(3)10-17)16(5)29-15(4)11-18-19(23(26)29)12-20(32-6)25(33-7)22(18)28/h9-10,12,15,30H,8,11H2,1-7H3. The molecule has 0 spiro atoms. The molecule has 1 aliphatic heterocycles. The van der Waals surface area contributed by atoms with Crippen molar-refractivity contribution in [1.29, 1.82) is 0 Å². The van der Waals surface area contributed by atoms with Gasteiger partial charge in [0.05, 0.1) is 31.5 Å². The molecule has 0 aliphatic carbocycles. The van der Waals surface area contributed by atoms with Crippen LogP contribution in [0.25, 0.3) is 22.4 Å². The van der Waals surface area contributed by atoms with Gasteiger partial charge in [0.25, 0.3) is 0 Å². The Balaban J connectivity index is 2.09. The highest BCUT2D eigenvalue weighted by atomic mass is 35.5. The molecule has 0 radical (unpaired) electrons. The van der Waals surface area contributed by atoms with E-state index in [9.17, 15) is 9.90 Å². The molecule has 0 amide bonds. The molecule has 186 valence electrons. The van der Waals surface area contributed by atoms with Crippen LogP contribution in [0.15, 0.2) is 18.2 Å². The largest absolute Gasteiger partial charge is 0.513 e. The summed E-state index contributed by atoms with van der Waals surface area (Å²) >= 11 is 6.80. The fraction of sp³-hybridized carbons (Fsp3) is 0.370. The third-order valence-electron chi connectivity index (χ3n) is 6.54. The summed E-state index contributed by atoms with van der Waals surface area (Å²) in [5, 5.41) is 10.8. The maximum atomic E-state index is 12.6. The molecule has 0 fully saturated rings. The zero-order valence-corrected chi connectivity index (χ0v) is 21.8. The number of phenolic OH excluding ortho intramolecular Hbond substituents is 1. The zero-order chi connectivity index (χ0) is 25.6. The number of hydrogen-bond donors (Lipinski definition) is 1. The molecule has 3 aromatic rings. The Morgan fingerprint density at radius 3 is 2.34 bits per heavy atom. The molecule has 4 rings (SSSR count). The van der Waals surface area contributed by atoms with Crippen LogP contribution in [0.2, 0.25) is 5.02 Å². The monoisotopic (exact) mass is 499 g/mol. The van der Waals surface area contributed by atoms with Crippen molar-refractivity contribution in [2.75, 3.05) is 20.8 Å². The first-order valence-electron chi connectivity index (χ1n) is 11.5. The van der Waals surface area contributed by atoms with E-state index < -0.39 is 6.16 Å². The number of methoxy groups -OCH3 is 2. The minimum atomic E-state index is -0.791. The number of aromatic hydroxyl groups is 1. The minimum absolute atomic E-state index is 0.0192. The van der Waals surface area contributed by atoms with E-state index in [0.717, 1.165) is 39.1 Å². The van der Waals surface area contributed by atoms with Crippen LogP contribution < -0.4 is 14.2 Å². The van der Waals surface area contributed by atoms with Crippen molar-refractivity contribution in [1.82, 2.24) is 4.57 Å². The summed E-state index contributed by atoms with van der Waals surface area (Å²) in [7, 11) is 3.11. The Morgan fingerprint density at radius 2 is 1.77 bits per heavy atom. The normalized spacial score (nSPS) is 14.2. The summed E-state index contributed by atoms with van der Waals surface area (Å²) in [5.41, 5.74) is 6.37. The molecule has 0 saturated heterocycles. The first kappa shape index (κ1) is 24.8. The third kappa shape index (κ3) is 3.97. The van der Waals surface area contributed by atoms with Gasteiger partial charge in [-0.15, -0.1) is 0 Å². The lowest BCUT2D eigenvalue weighted by Crippen LogP contribution is -2.18. The second kappa shape index (κ2) is 9.38. The molecule has 2 heterocycles. The van der Waals surface area contributed by atoms with Gasteiger partial charge in [0, 0.05) is 22.9 Å². The molecule has 2 aromatic carbocycles. The highest BCUT2D eigenvalue weighted by Gasteiger charge is 2.35. The minimum Gasteiger partial charge on any atom is -0.507 e. The highest BCUT2D eigenvalue weighted by Crippen LogP contribution is 2.54. The number of aryl methyl sites for hydroxylation is 2. The van der Waals surface area contributed by atoms with Crippen LogP contribution in [0.3, 0.4) is 0 Å². The predicted octanol–water partition coefficient (Wildman–Crippen LogP) is 6.78. The van der Waals surface area contributed by atoms with Gasteiger partial charge >= 0.3 is 6.16 Å². The van der Waals surface area contributed by atoms with E-state index in [1.807, 2.05) is 39.0 Å². The fourth-order valence-electron chi connectivity index (χ4n) is 5.04. The lowest BCUT2D eigenvalue weighted by molar-refractivity contribution is 0.104. The van der Waals surface area contributed by atoms with Crippen molar-refractivity contribution in [3.63, 3.8) is 0 Å². The number of fused-ring (bicyclic) bond motifs is 3. The van der Waals surface area contributed by atoms with E-state index in [2.05, 4.69) is 11.5 Å². The number of benzene rings is 2. The Kier molecular flexibility index (Phi) is 6.64. The van der Waals surface area contributed by atoms with Gasteiger partial charge in [-0.1, -0.05) is 11.6 Å². The number of carbonyl (C=O) groups is 1. The Labute approximate surface area is 210 Å². The van der Waals surface area contributed by atoms with Crippen LogP contribution in [0.5, 0.6) is 23.0 Å². The molecule has 1 atom stereocenters. The number of nitrogens with zero attached hydrogens (tertiary/aromatic N) is 1. The van der Waals surface area contributed by atoms with Gasteiger partial charge < -0.3 is 28.6 Å². The van der Waals surface area contributed by atoms with Crippen LogP contribution >= 0.6 is 11.6 Å². The van der Waals surface area contributed by atoms with Gasteiger partial charge in [-0.3, -0.25) is 0 Å². The molecule has 1 aliphatic rings. The summed E-state index contributed by atoms with van der Waals surface area (Å²) in [6.07, 6.45) is -0.135. The number of rotatable bonds is 5. The number of phenols is 1. The topological polar surface area (TPSA) is 79.2 Å². The van der Waals surface area contributed by atoms with Gasteiger partial charge in [-0.25, -0.2) is 4.79 Å². The van der Waals surface area contributed by atoms with Gasteiger partial charge in [0.2, 0.25) is 0 Å². The van der Waals surface area contributed by atoms with E-state index >= 15 is 0 Å². The molecule has 0 saturated carbocycles. The average Bonchev–Trinajstić information content (AvgIpc) is 3.10. The zero-order valence-electron chi connectivity index (χ0n) is 21.0. The van der Waals surface area contributed by atoms with E-state index in [1.165, 1.54) is 0 Å². The van der Waals surface area contributed by atoms with Gasteiger partial charge in [0.15, 0.2) is 17.2 Å². The van der Waals surface area contributed by atoms with Crippen LogP contribution in [0, 0.1) is 20.8 Å². The number of carbonyl (C=O) groups excluding carboxylic acids is 1. The van der Waals surface area contributed by atoms with Crippen molar-refractivity contribution in [2.45, 2.75) is 47.1 Å². The number of aromatic nitrogens is 1.